The summed E-state index contributed by atoms with van der Waals surface area (Å²) in [5.41, 5.74) is 9.26. The van der Waals surface area contributed by atoms with E-state index in [4.69, 9.17) is 10.7 Å². The maximum absolute atomic E-state index is 5.84. The molecule has 1 aliphatic rings. The summed E-state index contributed by atoms with van der Waals surface area (Å²) < 4.78 is 0. The number of aryl methyl sites for hydroxylation is 2. The van der Waals surface area contributed by atoms with Gasteiger partial charge in [0.05, 0.1) is 5.52 Å². The molecule has 1 saturated carbocycles. The molecule has 0 atom stereocenters. The molecule has 1 heterocycles. The minimum absolute atomic E-state index is 0.0733. The lowest BCUT2D eigenvalue weighted by Gasteiger charge is -2.13. The van der Waals surface area contributed by atoms with Crippen molar-refractivity contribution in [1.29, 1.82) is 0 Å². The fourth-order valence-electron chi connectivity index (χ4n) is 2.30. The van der Waals surface area contributed by atoms with Crippen molar-refractivity contribution in [3.8, 4) is 0 Å². The van der Waals surface area contributed by atoms with Gasteiger partial charge in [-0.2, -0.15) is 0 Å². The van der Waals surface area contributed by atoms with Crippen LogP contribution in [-0.4, -0.2) is 16.5 Å². The van der Waals surface area contributed by atoms with Crippen molar-refractivity contribution in [3.05, 3.63) is 35.3 Å². The largest absolute Gasteiger partial charge is 0.329 e. The second-order valence-electron chi connectivity index (χ2n) is 5.14. The van der Waals surface area contributed by atoms with Crippen LogP contribution in [0.3, 0.4) is 0 Å². The van der Waals surface area contributed by atoms with Gasteiger partial charge in [-0.25, -0.2) is 9.97 Å². The number of hydrogen-bond donors (Lipinski definition) is 1. The fraction of sp³-hybridized carbons (Fsp3) is 0.429. The minimum atomic E-state index is 0.0733. The highest BCUT2D eigenvalue weighted by Crippen LogP contribution is 2.45. The molecule has 0 unspecified atom stereocenters. The number of hydrogen-bond acceptors (Lipinski definition) is 3. The van der Waals surface area contributed by atoms with E-state index in [-0.39, 0.29) is 5.41 Å². The summed E-state index contributed by atoms with van der Waals surface area (Å²) in [7, 11) is 0. The van der Waals surface area contributed by atoms with Crippen LogP contribution in [0.4, 0.5) is 0 Å². The van der Waals surface area contributed by atoms with Crippen LogP contribution in [0.2, 0.25) is 0 Å². The van der Waals surface area contributed by atoms with Crippen LogP contribution in [0.1, 0.15) is 29.9 Å². The van der Waals surface area contributed by atoms with Crippen molar-refractivity contribution in [3.63, 3.8) is 0 Å². The average molecular weight is 227 g/mol. The van der Waals surface area contributed by atoms with E-state index in [9.17, 15) is 0 Å². The van der Waals surface area contributed by atoms with E-state index in [1.165, 1.54) is 5.56 Å². The van der Waals surface area contributed by atoms with Gasteiger partial charge in [0.15, 0.2) is 0 Å². The summed E-state index contributed by atoms with van der Waals surface area (Å²) in [5, 5.41) is 1.15. The Kier molecular flexibility index (Phi) is 2.20. The Labute approximate surface area is 101 Å². The predicted molar refractivity (Wildman–Crippen MR) is 69.0 cm³/mol. The minimum Gasteiger partial charge on any atom is -0.329 e. The van der Waals surface area contributed by atoms with E-state index in [1.807, 2.05) is 0 Å². The summed E-state index contributed by atoms with van der Waals surface area (Å²) in [6, 6.07) is 6.33. The normalized spacial score (nSPS) is 17.4. The molecule has 0 amide bonds. The molecular weight excluding hydrogens is 210 g/mol. The quantitative estimate of drug-likeness (QED) is 0.856. The molecule has 0 bridgehead atoms. The van der Waals surface area contributed by atoms with Crippen LogP contribution in [0.15, 0.2) is 18.2 Å². The van der Waals surface area contributed by atoms with Crippen molar-refractivity contribution in [2.75, 3.05) is 6.54 Å². The first-order valence-electron chi connectivity index (χ1n) is 6.10. The van der Waals surface area contributed by atoms with Crippen molar-refractivity contribution < 1.29 is 0 Å². The van der Waals surface area contributed by atoms with Gasteiger partial charge in [0.2, 0.25) is 0 Å². The number of rotatable bonds is 2. The Bertz CT molecular complexity index is 585. The van der Waals surface area contributed by atoms with Gasteiger partial charge in [-0.15, -0.1) is 0 Å². The Morgan fingerprint density at radius 3 is 2.65 bits per heavy atom. The molecule has 3 nitrogen and oxygen atoms in total. The molecule has 1 fully saturated rings. The SMILES string of the molecule is Cc1ccc2nc(C3(CN)CC3)nc(C)c2c1. The lowest BCUT2D eigenvalue weighted by molar-refractivity contribution is 0.650. The summed E-state index contributed by atoms with van der Waals surface area (Å²) in [6.07, 6.45) is 2.25. The van der Waals surface area contributed by atoms with Gasteiger partial charge >= 0.3 is 0 Å². The number of aromatic nitrogens is 2. The Morgan fingerprint density at radius 1 is 1.24 bits per heavy atom. The number of fused-ring (bicyclic) bond motifs is 1. The van der Waals surface area contributed by atoms with Gasteiger partial charge < -0.3 is 5.73 Å². The molecule has 88 valence electrons. The zero-order valence-electron chi connectivity index (χ0n) is 10.3. The zero-order valence-corrected chi connectivity index (χ0v) is 10.3. The van der Waals surface area contributed by atoms with Crippen molar-refractivity contribution in [2.45, 2.75) is 32.1 Å². The third-order valence-electron chi connectivity index (χ3n) is 3.76. The molecule has 0 aliphatic heterocycles. The van der Waals surface area contributed by atoms with Gasteiger partial charge in [0.25, 0.3) is 0 Å². The summed E-state index contributed by atoms with van der Waals surface area (Å²) >= 11 is 0. The third-order valence-corrected chi connectivity index (χ3v) is 3.76. The first kappa shape index (κ1) is 10.7. The first-order chi connectivity index (χ1) is 8.14. The van der Waals surface area contributed by atoms with Gasteiger partial charge in [-0.1, -0.05) is 11.6 Å². The topological polar surface area (TPSA) is 51.8 Å². The van der Waals surface area contributed by atoms with Crippen molar-refractivity contribution in [1.82, 2.24) is 9.97 Å². The molecule has 2 aromatic rings. The Hall–Kier alpha value is -1.48. The number of nitrogens with zero attached hydrogens (tertiary/aromatic N) is 2. The highest BCUT2D eigenvalue weighted by atomic mass is 14.9. The maximum Gasteiger partial charge on any atom is 0.136 e. The lowest BCUT2D eigenvalue weighted by atomic mass is 10.1. The molecule has 0 saturated heterocycles. The van der Waals surface area contributed by atoms with Crippen molar-refractivity contribution >= 4 is 10.9 Å². The first-order valence-corrected chi connectivity index (χ1v) is 6.10. The van der Waals surface area contributed by atoms with Gasteiger partial charge in [-0.05, 0) is 38.8 Å². The molecule has 1 aromatic carbocycles. The van der Waals surface area contributed by atoms with E-state index in [0.29, 0.717) is 6.54 Å². The van der Waals surface area contributed by atoms with Crippen LogP contribution in [0.5, 0.6) is 0 Å². The monoisotopic (exact) mass is 227 g/mol. The molecule has 3 rings (SSSR count). The predicted octanol–water partition coefficient (Wildman–Crippen LogP) is 2.24. The summed E-state index contributed by atoms with van der Waals surface area (Å²) in [5.74, 6) is 0.939. The van der Waals surface area contributed by atoms with Crippen LogP contribution in [-0.2, 0) is 5.41 Å². The number of benzene rings is 1. The molecule has 1 aromatic heterocycles. The van der Waals surface area contributed by atoms with Crippen LogP contribution < -0.4 is 5.73 Å². The number of nitrogens with two attached hydrogens (primary N) is 1. The van der Waals surface area contributed by atoms with E-state index in [2.05, 4.69) is 37.0 Å². The van der Waals surface area contributed by atoms with Gasteiger partial charge in [0, 0.05) is 23.0 Å². The maximum atomic E-state index is 5.84. The van der Waals surface area contributed by atoms with Crippen LogP contribution in [0, 0.1) is 13.8 Å². The lowest BCUT2D eigenvalue weighted by Crippen LogP contribution is -2.22. The fourth-order valence-corrected chi connectivity index (χ4v) is 2.30. The highest BCUT2D eigenvalue weighted by molar-refractivity contribution is 5.81. The molecule has 3 heteroatoms. The van der Waals surface area contributed by atoms with Crippen LogP contribution in [0.25, 0.3) is 10.9 Å². The van der Waals surface area contributed by atoms with Gasteiger partial charge in [-0.3, -0.25) is 0 Å². The second-order valence-corrected chi connectivity index (χ2v) is 5.14. The van der Waals surface area contributed by atoms with E-state index < -0.39 is 0 Å². The van der Waals surface area contributed by atoms with Crippen LogP contribution >= 0.6 is 0 Å². The summed E-state index contributed by atoms with van der Waals surface area (Å²) in [4.78, 5) is 9.35. The highest BCUT2D eigenvalue weighted by Gasteiger charge is 2.45. The third kappa shape index (κ3) is 1.62. The molecule has 0 spiro atoms. The molecular formula is C14H17N3. The summed E-state index contributed by atoms with van der Waals surface area (Å²) in [6.45, 7) is 4.80. The van der Waals surface area contributed by atoms with Crippen molar-refractivity contribution in [2.24, 2.45) is 5.73 Å². The molecule has 17 heavy (non-hydrogen) atoms. The standard InChI is InChI=1S/C14H17N3/c1-9-3-4-12-11(7-9)10(2)16-13(17-12)14(8-15)5-6-14/h3-4,7H,5-6,8,15H2,1-2H3. The average Bonchev–Trinajstić information content (AvgIpc) is 3.11. The van der Waals surface area contributed by atoms with Gasteiger partial charge in [0.1, 0.15) is 5.82 Å². The Morgan fingerprint density at radius 2 is 2.00 bits per heavy atom. The second kappa shape index (κ2) is 3.50. The molecule has 1 aliphatic carbocycles. The smallest absolute Gasteiger partial charge is 0.136 e. The van der Waals surface area contributed by atoms with E-state index >= 15 is 0 Å². The van der Waals surface area contributed by atoms with E-state index in [0.717, 1.165) is 35.3 Å². The molecule has 2 N–H and O–H groups in total. The Balaban J connectivity index is 2.21. The van der Waals surface area contributed by atoms with E-state index in [1.54, 1.807) is 0 Å². The molecule has 0 radical (unpaired) electrons. The zero-order chi connectivity index (χ0) is 12.0.